The summed E-state index contributed by atoms with van der Waals surface area (Å²) in [5, 5.41) is 0. The molecule has 0 aromatic heterocycles. The third-order valence-electron chi connectivity index (χ3n) is 3.46. The van der Waals surface area contributed by atoms with Crippen molar-refractivity contribution in [1.29, 1.82) is 0 Å². The molecular weight excluding hydrogens is 250 g/mol. The summed E-state index contributed by atoms with van der Waals surface area (Å²) in [6.07, 6.45) is 6.35. The number of hydrogen-bond donors (Lipinski definition) is 0. The summed E-state index contributed by atoms with van der Waals surface area (Å²) in [7, 11) is 0. The lowest BCUT2D eigenvalue weighted by molar-refractivity contribution is -0.133. The van der Waals surface area contributed by atoms with Crippen LogP contribution in [0.5, 0.6) is 0 Å². The number of benzene rings is 1. The highest BCUT2D eigenvalue weighted by Gasteiger charge is 2.19. The molecule has 0 aliphatic carbocycles. The number of hydrogen-bond acceptors (Lipinski definition) is 3. The van der Waals surface area contributed by atoms with E-state index >= 15 is 0 Å². The fourth-order valence-electron chi connectivity index (χ4n) is 2.27. The average Bonchev–Trinajstić information content (AvgIpc) is 2.43. The molecule has 0 saturated heterocycles. The lowest BCUT2D eigenvalue weighted by Crippen LogP contribution is -2.22. The van der Waals surface area contributed by atoms with Crippen LogP contribution < -0.4 is 0 Å². The van der Waals surface area contributed by atoms with E-state index in [0.29, 0.717) is 12.9 Å². The quantitative estimate of drug-likeness (QED) is 0.744. The molecule has 1 unspecified atom stereocenters. The first-order valence-electron chi connectivity index (χ1n) is 6.96. The number of aliphatic imine (C=N–C) groups is 1. The van der Waals surface area contributed by atoms with Gasteiger partial charge in [0.2, 0.25) is 0 Å². The second kappa shape index (κ2) is 6.51. The Morgan fingerprint density at radius 2 is 2.05 bits per heavy atom. The summed E-state index contributed by atoms with van der Waals surface area (Å²) in [6, 6.07) is 10.1. The van der Waals surface area contributed by atoms with Crippen molar-refractivity contribution < 1.29 is 9.53 Å². The van der Waals surface area contributed by atoms with Crippen molar-refractivity contribution in [2.24, 2.45) is 4.99 Å². The predicted molar refractivity (Wildman–Crippen MR) is 81.0 cm³/mol. The summed E-state index contributed by atoms with van der Waals surface area (Å²) in [6.45, 7) is 4.76. The Labute approximate surface area is 120 Å². The number of ether oxygens (including phenoxy) is 1. The van der Waals surface area contributed by atoms with Gasteiger partial charge in [-0.3, -0.25) is 9.79 Å². The van der Waals surface area contributed by atoms with Crippen LogP contribution >= 0.6 is 0 Å². The van der Waals surface area contributed by atoms with E-state index in [1.54, 1.807) is 0 Å². The van der Waals surface area contributed by atoms with E-state index in [2.05, 4.69) is 24.9 Å². The smallest absolute Gasteiger partial charge is 0.293 e. The van der Waals surface area contributed by atoms with Gasteiger partial charge in [0.05, 0.1) is 5.54 Å². The van der Waals surface area contributed by atoms with E-state index in [0.717, 1.165) is 18.4 Å². The molecule has 20 heavy (non-hydrogen) atoms. The van der Waals surface area contributed by atoms with Crippen molar-refractivity contribution in [3.8, 4) is 0 Å². The number of carbonyl (C=O) groups excluding carboxylic acids is 1. The zero-order valence-corrected chi connectivity index (χ0v) is 12.1. The van der Waals surface area contributed by atoms with Crippen LogP contribution in [0.2, 0.25) is 0 Å². The van der Waals surface area contributed by atoms with Gasteiger partial charge in [0, 0.05) is 19.1 Å². The second-order valence-electron chi connectivity index (χ2n) is 5.80. The Morgan fingerprint density at radius 1 is 1.30 bits per heavy atom. The fraction of sp³-hybridized carbons (Fsp3) is 0.412. The van der Waals surface area contributed by atoms with Crippen molar-refractivity contribution in [1.82, 2.24) is 0 Å². The van der Waals surface area contributed by atoms with Gasteiger partial charge < -0.3 is 4.74 Å². The van der Waals surface area contributed by atoms with Crippen LogP contribution in [0.15, 0.2) is 47.0 Å². The molecule has 0 spiro atoms. The van der Waals surface area contributed by atoms with Gasteiger partial charge in [0.1, 0.15) is 6.10 Å². The summed E-state index contributed by atoms with van der Waals surface area (Å²) >= 11 is 0. The lowest BCUT2D eigenvalue weighted by Gasteiger charge is -2.23. The number of nitrogens with zero attached hydrogens (tertiary/aromatic N) is 1. The van der Waals surface area contributed by atoms with Crippen LogP contribution in [-0.2, 0) is 16.0 Å². The van der Waals surface area contributed by atoms with E-state index in [1.807, 2.05) is 36.5 Å². The monoisotopic (exact) mass is 271 g/mol. The van der Waals surface area contributed by atoms with Gasteiger partial charge >= 0.3 is 0 Å². The minimum absolute atomic E-state index is 0.00998. The van der Waals surface area contributed by atoms with Gasteiger partial charge in [0.25, 0.3) is 6.47 Å². The Morgan fingerprint density at radius 3 is 2.65 bits per heavy atom. The van der Waals surface area contributed by atoms with Crippen LogP contribution in [0.4, 0.5) is 0 Å². The largest absolute Gasteiger partial charge is 0.464 e. The summed E-state index contributed by atoms with van der Waals surface area (Å²) < 4.78 is 5.22. The normalized spacial score (nSPS) is 18.2. The molecule has 1 aromatic rings. The van der Waals surface area contributed by atoms with Crippen LogP contribution in [-0.4, -0.2) is 24.3 Å². The van der Waals surface area contributed by atoms with Gasteiger partial charge in [-0.15, -0.1) is 0 Å². The Kier molecular flexibility index (Phi) is 4.72. The number of rotatable bonds is 6. The van der Waals surface area contributed by atoms with Crippen molar-refractivity contribution >= 4 is 12.7 Å². The molecule has 1 aliphatic heterocycles. The van der Waals surface area contributed by atoms with Crippen molar-refractivity contribution in [3.63, 3.8) is 0 Å². The molecule has 3 heteroatoms. The van der Waals surface area contributed by atoms with Gasteiger partial charge in [-0.25, -0.2) is 0 Å². The number of dihydropyridines is 1. The molecule has 2 rings (SSSR count). The topological polar surface area (TPSA) is 38.7 Å². The molecule has 1 aromatic carbocycles. The first-order chi connectivity index (χ1) is 9.59. The molecule has 0 bridgehead atoms. The lowest BCUT2D eigenvalue weighted by atomic mass is 9.94. The Hall–Kier alpha value is -1.90. The first-order valence-corrected chi connectivity index (χ1v) is 6.96. The minimum Gasteiger partial charge on any atom is -0.464 e. The molecule has 106 valence electrons. The molecule has 0 amide bonds. The summed E-state index contributed by atoms with van der Waals surface area (Å²) in [5.41, 5.74) is 2.31. The van der Waals surface area contributed by atoms with Gasteiger partial charge in [0.15, 0.2) is 0 Å². The molecule has 1 aliphatic rings. The maximum Gasteiger partial charge on any atom is 0.293 e. The maximum absolute atomic E-state index is 10.7. The molecule has 1 atom stereocenters. The third kappa shape index (κ3) is 4.34. The van der Waals surface area contributed by atoms with E-state index in [-0.39, 0.29) is 11.6 Å². The van der Waals surface area contributed by atoms with Gasteiger partial charge in [-0.2, -0.15) is 0 Å². The minimum atomic E-state index is -0.131. The Bertz CT molecular complexity index is 503. The van der Waals surface area contributed by atoms with Crippen LogP contribution in [0.3, 0.4) is 0 Å². The highest BCUT2D eigenvalue weighted by atomic mass is 16.5. The van der Waals surface area contributed by atoms with Crippen LogP contribution in [0.1, 0.15) is 32.3 Å². The zero-order valence-electron chi connectivity index (χ0n) is 12.1. The molecule has 1 heterocycles. The first kappa shape index (κ1) is 14.5. The van der Waals surface area contributed by atoms with Crippen molar-refractivity contribution in [2.75, 3.05) is 0 Å². The van der Waals surface area contributed by atoms with Crippen LogP contribution in [0, 0.1) is 0 Å². The molecule has 3 nitrogen and oxygen atoms in total. The van der Waals surface area contributed by atoms with E-state index < -0.39 is 0 Å². The standard InChI is InChI=1S/C17H21NO2/c1-17(2)9-8-15(12-18-17)11-16(20-13-19)10-14-6-4-3-5-7-14/h3-8,12-13,16H,9-11H2,1-2H3. The van der Waals surface area contributed by atoms with Gasteiger partial charge in [-0.05, 0) is 31.4 Å². The summed E-state index contributed by atoms with van der Waals surface area (Å²) in [4.78, 5) is 15.2. The fourth-order valence-corrected chi connectivity index (χ4v) is 2.27. The Balaban J connectivity index is 1.98. The molecule has 0 radical (unpaired) electrons. The second-order valence-corrected chi connectivity index (χ2v) is 5.80. The summed E-state index contributed by atoms with van der Waals surface area (Å²) in [5.74, 6) is 0. The van der Waals surface area contributed by atoms with E-state index in [1.165, 1.54) is 5.56 Å². The zero-order chi connectivity index (χ0) is 14.4. The molecular formula is C17H21NO2. The predicted octanol–water partition coefficient (Wildman–Crippen LogP) is 3.34. The average molecular weight is 271 g/mol. The van der Waals surface area contributed by atoms with Crippen molar-refractivity contribution in [3.05, 3.63) is 47.5 Å². The SMILES string of the molecule is CC1(C)CC=C(CC(Cc2ccccc2)OC=O)C=N1. The van der Waals surface area contributed by atoms with Crippen LogP contribution in [0.25, 0.3) is 0 Å². The van der Waals surface area contributed by atoms with Crippen molar-refractivity contribution in [2.45, 2.75) is 44.8 Å². The molecule has 0 N–H and O–H groups in total. The van der Waals surface area contributed by atoms with Gasteiger partial charge in [-0.1, -0.05) is 36.4 Å². The highest BCUT2D eigenvalue weighted by molar-refractivity contribution is 5.80. The highest BCUT2D eigenvalue weighted by Crippen LogP contribution is 2.23. The van der Waals surface area contributed by atoms with E-state index in [4.69, 9.17) is 4.74 Å². The molecule has 0 saturated carbocycles. The number of carbonyl (C=O) groups is 1. The maximum atomic E-state index is 10.7. The van der Waals surface area contributed by atoms with E-state index in [9.17, 15) is 4.79 Å². The molecule has 0 fully saturated rings. The third-order valence-corrected chi connectivity index (χ3v) is 3.46.